The van der Waals surface area contributed by atoms with E-state index in [0.29, 0.717) is 6.42 Å². The lowest BCUT2D eigenvalue weighted by Gasteiger charge is -2.24. The van der Waals surface area contributed by atoms with Crippen LogP contribution in [0, 0.1) is 0 Å². The highest BCUT2D eigenvalue weighted by Gasteiger charge is 2.38. The molecule has 0 unspecified atom stereocenters. The van der Waals surface area contributed by atoms with E-state index in [2.05, 4.69) is 4.98 Å². The Labute approximate surface area is 113 Å². The van der Waals surface area contributed by atoms with Crippen molar-refractivity contribution in [3.63, 3.8) is 0 Å². The predicted octanol–water partition coefficient (Wildman–Crippen LogP) is -0.382. The molecule has 1 aromatic rings. The average Bonchev–Trinajstić information content (AvgIpc) is 2.86. The quantitative estimate of drug-likeness (QED) is 0.756. The van der Waals surface area contributed by atoms with Gasteiger partial charge in [0.05, 0.1) is 17.8 Å². The second-order valence-corrected chi connectivity index (χ2v) is 8.71. The normalized spacial score (nSPS) is 23.0. The predicted molar refractivity (Wildman–Crippen MR) is 69.8 cm³/mol. The molecule has 1 aromatic heterocycles. The van der Waals surface area contributed by atoms with Gasteiger partial charge >= 0.3 is 0 Å². The fraction of sp³-hybridized carbons (Fsp3) is 0.700. The van der Waals surface area contributed by atoms with E-state index in [1.165, 1.54) is 16.8 Å². The molecule has 1 aliphatic heterocycles. The van der Waals surface area contributed by atoms with E-state index in [4.69, 9.17) is 0 Å². The molecule has 1 atom stereocenters. The van der Waals surface area contributed by atoms with E-state index in [1.54, 1.807) is 18.5 Å². The molecular formula is C10H17N3O4S2. The summed E-state index contributed by atoms with van der Waals surface area (Å²) < 4.78 is 50.6. The van der Waals surface area contributed by atoms with Crippen molar-refractivity contribution in [2.24, 2.45) is 7.05 Å². The van der Waals surface area contributed by atoms with Gasteiger partial charge in [-0.25, -0.2) is 21.8 Å². The highest BCUT2D eigenvalue weighted by Crippen LogP contribution is 2.23. The molecule has 1 saturated heterocycles. The van der Waals surface area contributed by atoms with Crippen LogP contribution in [-0.2, 0) is 26.9 Å². The molecule has 1 aliphatic rings. The number of imidazole rings is 1. The summed E-state index contributed by atoms with van der Waals surface area (Å²) in [6, 6.07) is -0.484. The molecule has 0 spiro atoms. The molecule has 0 radical (unpaired) electrons. The third kappa shape index (κ3) is 2.82. The molecule has 0 aliphatic carbocycles. The average molecular weight is 307 g/mol. The summed E-state index contributed by atoms with van der Waals surface area (Å²) in [4.78, 5) is 3.85. The van der Waals surface area contributed by atoms with Crippen LogP contribution in [0.3, 0.4) is 0 Å². The number of hydrogen-bond donors (Lipinski definition) is 0. The van der Waals surface area contributed by atoms with Crippen LogP contribution in [0.1, 0.15) is 13.3 Å². The molecule has 0 bridgehead atoms. The lowest BCUT2D eigenvalue weighted by molar-refractivity contribution is 0.353. The van der Waals surface area contributed by atoms with Crippen LogP contribution in [-0.4, -0.2) is 54.8 Å². The van der Waals surface area contributed by atoms with Gasteiger partial charge in [-0.3, -0.25) is 0 Å². The summed E-state index contributed by atoms with van der Waals surface area (Å²) in [5, 5.41) is -0.0406. The third-order valence-electron chi connectivity index (χ3n) is 3.18. The van der Waals surface area contributed by atoms with Crippen LogP contribution in [0.2, 0.25) is 0 Å². The van der Waals surface area contributed by atoms with Crippen molar-refractivity contribution in [2.75, 3.05) is 18.1 Å². The summed E-state index contributed by atoms with van der Waals surface area (Å²) >= 11 is 0. The second-order valence-electron chi connectivity index (χ2n) is 4.64. The van der Waals surface area contributed by atoms with Crippen LogP contribution in [0.4, 0.5) is 0 Å². The zero-order valence-electron chi connectivity index (χ0n) is 10.9. The maximum absolute atomic E-state index is 12.4. The first-order valence-electron chi connectivity index (χ1n) is 5.96. The molecule has 9 heteroatoms. The summed E-state index contributed by atoms with van der Waals surface area (Å²) in [6.45, 7) is 1.94. The van der Waals surface area contributed by atoms with Crippen molar-refractivity contribution in [3.05, 3.63) is 12.5 Å². The van der Waals surface area contributed by atoms with Crippen LogP contribution in [0.15, 0.2) is 17.6 Å². The standard InChI is InChI=1S/C10H17N3O4S2/c1-3-13(9-4-5-18(14,15)7-9)19(16,17)10-6-12(2)8-11-10/h6,8-9H,3-5,7H2,1-2H3/t9-/m1/s1. The smallest absolute Gasteiger partial charge is 0.262 e. The Bertz CT molecular complexity index is 663. The number of sulfonamides is 1. The third-order valence-corrected chi connectivity index (χ3v) is 6.85. The number of rotatable bonds is 4. The van der Waals surface area contributed by atoms with Crippen LogP contribution in [0.5, 0.6) is 0 Å². The summed E-state index contributed by atoms with van der Waals surface area (Å²) in [5.74, 6) is -0.0567. The van der Waals surface area contributed by atoms with Gasteiger partial charge in [-0.05, 0) is 6.42 Å². The number of nitrogens with zero attached hydrogens (tertiary/aromatic N) is 3. The number of hydrogen-bond acceptors (Lipinski definition) is 5. The minimum atomic E-state index is -3.73. The second kappa shape index (κ2) is 4.88. The Morgan fingerprint density at radius 2 is 2.21 bits per heavy atom. The topological polar surface area (TPSA) is 89.3 Å². The molecule has 7 nitrogen and oxygen atoms in total. The molecule has 108 valence electrons. The van der Waals surface area contributed by atoms with Crippen molar-refractivity contribution in [2.45, 2.75) is 24.4 Å². The van der Waals surface area contributed by atoms with Gasteiger partial charge in [0.15, 0.2) is 14.9 Å². The van der Waals surface area contributed by atoms with Crippen molar-refractivity contribution >= 4 is 19.9 Å². The molecule has 1 fully saturated rings. The zero-order valence-corrected chi connectivity index (χ0v) is 12.5. The fourth-order valence-electron chi connectivity index (χ4n) is 2.27. The lowest BCUT2D eigenvalue weighted by atomic mass is 10.3. The maximum atomic E-state index is 12.4. The minimum Gasteiger partial charge on any atom is -0.339 e. The van der Waals surface area contributed by atoms with Gasteiger partial charge in [0, 0.05) is 25.8 Å². The van der Waals surface area contributed by atoms with Crippen molar-refractivity contribution in [1.29, 1.82) is 0 Å². The van der Waals surface area contributed by atoms with Crippen molar-refractivity contribution in [1.82, 2.24) is 13.9 Å². The SMILES string of the molecule is CCN([C@@H]1CCS(=O)(=O)C1)S(=O)(=O)c1cn(C)cn1. The Kier molecular flexibility index (Phi) is 3.72. The van der Waals surface area contributed by atoms with E-state index in [1.807, 2.05) is 0 Å². The molecule has 2 heterocycles. The highest BCUT2D eigenvalue weighted by molar-refractivity contribution is 7.92. The molecular weight excluding hydrogens is 290 g/mol. The first-order valence-corrected chi connectivity index (χ1v) is 9.22. The van der Waals surface area contributed by atoms with Crippen LogP contribution < -0.4 is 0 Å². The van der Waals surface area contributed by atoms with Crippen LogP contribution >= 0.6 is 0 Å². The highest BCUT2D eigenvalue weighted by atomic mass is 32.2. The van der Waals surface area contributed by atoms with E-state index in [0.717, 1.165) is 0 Å². The molecule has 19 heavy (non-hydrogen) atoms. The fourth-order valence-corrected chi connectivity index (χ4v) is 5.73. The van der Waals surface area contributed by atoms with Crippen molar-refractivity contribution in [3.8, 4) is 0 Å². The Hall–Kier alpha value is -0.930. The summed E-state index contributed by atoms with van der Waals surface area (Å²) in [6.07, 6.45) is 3.18. The molecule has 0 N–H and O–H groups in total. The van der Waals surface area contributed by atoms with Gasteiger partial charge in [-0.2, -0.15) is 4.31 Å². The molecule has 0 saturated carbocycles. The van der Waals surface area contributed by atoms with E-state index in [9.17, 15) is 16.8 Å². The lowest BCUT2D eigenvalue weighted by Crippen LogP contribution is -2.41. The first-order chi connectivity index (χ1) is 8.76. The molecule has 0 amide bonds. The largest absolute Gasteiger partial charge is 0.339 e. The minimum absolute atomic E-state index is 0.0406. The zero-order chi connectivity index (χ0) is 14.3. The summed E-state index contributed by atoms with van der Waals surface area (Å²) in [5.41, 5.74) is 0. The monoisotopic (exact) mass is 307 g/mol. The number of sulfone groups is 1. The van der Waals surface area contributed by atoms with Gasteiger partial charge in [0.2, 0.25) is 0 Å². The molecule has 2 rings (SSSR count). The van der Waals surface area contributed by atoms with Gasteiger partial charge in [0.25, 0.3) is 10.0 Å². The van der Waals surface area contributed by atoms with Crippen LogP contribution in [0.25, 0.3) is 0 Å². The van der Waals surface area contributed by atoms with E-state index >= 15 is 0 Å². The maximum Gasteiger partial charge on any atom is 0.262 e. The van der Waals surface area contributed by atoms with Gasteiger partial charge < -0.3 is 4.57 Å². The van der Waals surface area contributed by atoms with E-state index < -0.39 is 25.9 Å². The van der Waals surface area contributed by atoms with Gasteiger partial charge in [0.1, 0.15) is 0 Å². The number of aromatic nitrogens is 2. The molecule has 0 aromatic carbocycles. The van der Waals surface area contributed by atoms with Gasteiger partial charge in [-0.15, -0.1) is 0 Å². The Morgan fingerprint density at radius 1 is 1.53 bits per heavy atom. The Balaban J connectivity index is 2.32. The van der Waals surface area contributed by atoms with Gasteiger partial charge in [-0.1, -0.05) is 6.92 Å². The number of aryl methyl sites for hydroxylation is 1. The van der Waals surface area contributed by atoms with Crippen molar-refractivity contribution < 1.29 is 16.8 Å². The van der Waals surface area contributed by atoms with E-state index in [-0.39, 0.29) is 23.1 Å². The summed E-state index contributed by atoms with van der Waals surface area (Å²) in [7, 11) is -5.16. The first kappa shape index (κ1) is 14.5. The Morgan fingerprint density at radius 3 is 2.63 bits per heavy atom.